The summed E-state index contributed by atoms with van der Waals surface area (Å²) in [5, 5.41) is 2.44. The molecule has 0 unspecified atom stereocenters. The van der Waals surface area contributed by atoms with E-state index in [0.29, 0.717) is 13.1 Å². The molecule has 0 aliphatic rings. The van der Waals surface area contributed by atoms with Crippen molar-refractivity contribution in [3.8, 4) is 0 Å². The number of carbonyl (C=O) groups excluding carboxylic acids is 1. The van der Waals surface area contributed by atoms with Crippen molar-refractivity contribution in [2.75, 3.05) is 18.4 Å². The lowest BCUT2D eigenvalue weighted by Gasteiger charge is -2.20. The van der Waals surface area contributed by atoms with Crippen LogP contribution in [0.25, 0.3) is 0 Å². The minimum absolute atomic E-state index is 0.00744. The van der Waals surface area contributed by atoms with Crippen molar-refractivity contribution in [1.82, 2.24) is 4.90 Å². The summed E-state index contributed by atoms with van der Waals surface area (Å²) in [5.74, 6) is -4.02. The van der Waals surface area contributed by atoms with E-state index in [-0.39, 0.29) is 12.2 Å². The summed E-state index contributed by atoms with van der Waals surface area (Å²) in [6.07, 6.45) is 0. The number of aryl methyl sites for hydroxylation is 1. The third kappa shape index (κ3) is 5.58. The van der Waals surface area contributed by atoms with Gasteiger partial charge < -0.3 is 5.32 Å². The van der Waals surface area contributed by atoms with Crippen LogP contribution in [0, 0.1) is 6.92 Å². The molecule has 0 atom stereocenters. The molecule has 1 amide bonds. The van der Waals surface area contributed by atoms with Crippen molar-refractivity contribution in [2.45, 2.75) is 31.0 Å². The van der Waals surface area contributed by atoms with Gasteiger partial charge in [-0.2, -0.15) is 8.78 Å². The number of sulfone groups is 1. The summed E-state index contributed by atoms with van der Waals surface area (Å²) >= 11 is 0. The van der Waals surface area contributed by atoms with Crippen LogP contribution in [0.2, 0.25) is 0 Å². The van der Waals surface area contributed by atoms with Gasteiger partial charge in [-0.05, 0) is 31.2 Å². The highest BCUT2D eigenvalue weighted by atomic mass is 32.2. The molecule has 0 bridgehead atoms. The van der Waals surface area contributed by atoms with Crippen LogP contribution in [0.3, 0.4) is 0 Å². The number of halogens is 2. The number of nitrogens with one attached hydrogen (secondary N) is 1. The summed E-state index contributed by atoms with van der Waals surface area (Å²) in [5.41, 5.74) is 2.01. The molecule has 2 aromatic carbocycles. The number of nitrogens with zero attached hydrogens (tertiary/aromatic N) is 1. The van der Waals surface area contributed by atoms with Gasteiger partial charge in [0.2, 0.25) is 15.7 Å². The molecule has 146 valence electrons. The summed E-state index contributed by atoms with van der Waals surface area (Å²) in [6, 6.07) is 13.1. The molecule has 0 aliphatic carbocycles. The van der Waals surface area contributed by atoms with Gasteiger partial charge in [0, 0.05) is 6.54 Å². The summed E-state index contributed by atoms with van der Waals surface area (Å²) in [6.45, 7) is 5.03. The Morgan fingerprint density at radius 2 is 1.85 bits per heavy atom. The predicted molar refractivity (Wildman–Crippen MR) is 100 cm³/mol. The van der Waals surface area contributed by atoms with Crippen LogP contribution >= 0.6 is 0 Å². The van der Waals surface area contributed by atoms with E-state index < -0.39 is 26.4 Å². The molecule has 0 aliphatic heterocycles. The Kier molecular flexibility index (Phi) is 7.04. The number of carbonyl (C=O) groups is 1. The normalized spacial score (nSPS) is 11.8. The first-order chi connectivity index (χ1) is 12.7. The maximum absolute atomic E-state index is 12.8. The molecule has 0 fully saturated rings. The number of hydrogen-bond donors (Lipinski definition) is 1. The molecule has 0 radical (unpaired) electrons. The number of benzene rings is 2. The Hall–Kier alpha value is -2.32. The molecule has 5 nitrogen and oxygen atoms in total. The van der Waals surface area contributed by atoms with Gasteiger partial charge in [-0.25, -0.2) is 8.42 Å². The third-order valence-corrected chi connectivity index (χ3v) is 5.44. The molecule has 0 heterocycles. The quantitative estimate of drug-likeness (QED) is 0.742. The monoisotopic (exact) mass is 396 g/mol. The molecule has 27 heavy (non-hydrogen) atoms. The lowest BCUT2D eigenvalue weighted by atomic mass is 10.1. The number of amides is 1. The Balaban J connectivity index is 2.11. The number of alkyl halides is 2. The van der Waals surface area contributed by atoms with Crippen LogP contribution in [0.4, 0.5) is 14.5 Å². The zero-order valence-electron chi connectivity index (χ0n) is 15.2. The highest BCUT2D eigenvalue weighted by Crippen LogP contribution is 2.26. The van der Waals surface area contributed by atoms with Gasteiger partial charge in [-0.1, -0.05) is 48.9 Å². The Labute approximate surface area is 157 Å². The van der Waals surface area contributed by atoms with Crippen LogP contribution in [-0.4, -0.2) is 38.1 Å². The number of likely N-dealkylation sites (N-methyl/N-ethyl adjacent to an activating group) is 1. The number of rotatable bonds is 8. The lowest BCUT2D eigenvalue weighted by molar-refractivity contribution is -0.117. The molecule has 8 heteroatoms. The molecule has 1 N–H and O–H groups in total. The Morgan fingerprint density at radius 1 is 1.15 bits per heavy atom. The molecular formula is C19H22F2N2O3S. The summed E-state index contributed by atoms with van der Waals surface area (Å²) < 4.78 is 49.2. The van der Waals surface area contributed by atoms with E-state index in [1.54, 1.807) is 0 Å². The minimum Gasteiger partial charge on any atom is -0.324 e. The topological polar surface area (TPSA) is 66.5 Å². The number of hydrogen-bond acceptors (Lipinski definition) is 4. The van der Waals surface area contributed by atoms with Crippen molar-refractivity contribution in [3.05, 3.63) is 59.7 Å². The molecule has 0 aromatic heterocycles. The first-order valence-electron chi connectivity index (χ1n) is 8.43. The van der Waals surface area contributed by atoms with Crippen LogP contribution in [-0.2, 0) is 21.2 Å². The highest BCUT2D eigenvalue weighted by molar-refractivity contribution is 7.91. The van der Waals surface area contributed by atoms with Crippen molar-refractivity contribution >= 4 is 21.4 Å². The van der Waals surface area contributed by atoms with Gasteiger partial charge in [0.15, 0.2) is 0 Å². The van der Waals surface area contributed by atoms with E-state index in [2.05, 4.69) is 5.32 Å². The molecular weight excluding hydrogens is 374 g/mol. The fourth-order valence-corrected chi connectivity index (χ4v) is 3.54. The molecule has 2 aromatic rings. The van der Waals surface area contributed by atoms with Gasteiger partial charge >= 0.3 is 5.76 Å². The number of para-hydroxylation sites is 1. The van der Waals surface area contributed by atoms with E-state index in [9.17, 15) is 22.0 Å². The van der Waals surface area contributed by atoms with E-state index >= 15 is 0 Å². The van der Waals surface area contributed by atoms with Crippen molar-refractivity contribution in [1.29, 1.82) is 0 Å². The highest BCUT2D eigenvalue weighted by Gasteiger charge is 2.29. The van der Waals surface area contributed by atoms with Gasteiger partial charge in [0.25, 0.3) is 0 Å². The van der Waals surface area contributed by atoms with Crippen LogP contribution < -0.4 is 5.32 Å². The van der Waals surface area contributed by atoms with E-state index in [4.69, 9.17) is 0 Å². The van der Waals surface area contributed by atoms with E-state index in [0.717, 1.165) is 17.2 Å². The maximum Gasteiger partial charge on any atom is 0.341 e. The Bertz CT molecular complexity index is 901. The standard InChI is InChI=1S/C19H22F2N2O3S/c1-3-23(12-15-8-6-7-14(2)11-15)13-18(24)22-16-9-4-5-10-17(16)27(25,26)19(20)21/h4-11,19H,3,12-13H2,1-2H3,(H,22,24). The first kappa shape index (κ1) is 21.0. The Morgan fingerprint density at radius 3 is 2.48 bits per heavy atom. The second kappa shape index (κ2) is 9.05. The van der Waals surface area contributed by atoms with Crippen LogP contribution in [0.15, 0.2) is 53.4 Å². The van der Waals surface area contributed by atoms with Gasteiger partial charge in [-0.3, -0.25) is 9.69 Å². The van der Waals surface area contributed by atoms with Crippen molar-refractivity contribution in [2.24, 2.45) is 0 Å². The van der Waals surface area contributed by atoms with Gasteiger partial charge in [0.1, 0.15) is 0 Å². The minimum atomic E-state index is -4.80. The predicted octanol–water partition coefficient (Wildman–Crippen LogP) is 3.45. The van der Waals surface area contributed by atoms with Gasteiger partial charge in [0.05, 0.1) is 17.1 Å². The van der Waals surface area contributed by atoms with Crippen LogP contribution in [0.1, 0.15) is 18.1 Å². The number of anilines is 1. The largest absolute Gasteiger partial charge is 0.341 e. The van der Waals surface area contributed by atoms with E-state index in [1.165, 1.54) is 18.2 Å². The first-order valence-corrected chi connectivity index (χ1v) is 9.97. The summed E-state index contributed by atoms with van der Waals surface area (Å²) in [4.78, 5) is 13.6. The molecule has 0 saturated carbocycles. The van der Waals surface area contributed by atoms with Crippen molar-refractivity contribution in [3.63, 3.8) is 0 Å². The van der Waals surface area contributed by atoms with Crippen LogP contribution in [0.5, 0.6) is 0 Å². The van der Waals surface area contributed by atoms with E-state index in [1.807, 2.05) is 43.0 Å². The zero-order chi connectivity index (χ0) is 20.0. The van der Waals surface area contributed by atoms with Gasteiger partial charge in [-0.15, -0.1) is 0 Å². The second-order valence-corrected chi connectivity index (χ2v) is 8.03. The smallest absolute Gasteiger partial charge is 0.324 e. The second-order valence-electron chi connectivity index (χ2n) is 6.14. The average Bonchev–Trinajstić information content (AvgIpc) is 2.61. The fourth-order valence-electron chi connectivity index (χ4n) is 2.66. The van der Waals surface area contributed by atoms with Crippen molar-refractivity contribution < 1.29 is 22.0 Å². The molecule has 0 spiro atoms. The molecule has 2 rings (SSSR count). The SMILES string of the molecule is CCN(CC(=O)Nc1ccccc1S(=O)(=O)C(F)F)Cc1cccc(C)c1. The third-order valence-electron chi connectivity index (χ3n) is 4.01. The summed E-state index contributed by atoms with van der Waals surface area (Å²) in [7, 11) is -4.80. The average molecular weight is 396 g/mol. The molecule has 0 saturated heterocycles. The zero-order valence-corrected chi connectivity index (χ0v) is 16.0. The lowest BCUT2D eigenvalue weighted by Crippen LogP contribution is -2.33. The fraction of sp³-hybridized carbons (Fsp3) is 0.316. The maximum atomic E-state index is 12.8.